The third-order valence-corrected chi connectivity index (χ3v) is 5.68. The van der Waals surface area contributed by atoms with Crippen molar-refractivity contribution in [2.45, 2.75) is 20.8 Å². The number of aromatic nitrogens is 5. The van der Waals surface area contributed by atoms with E-state index in [1.807, 2.05) is 32.9 Å². The lowest BCUT2D eigenvalue weighted by atomic mass is 10.0. The Labute approximate surface area is 202 Å². The summed E-state index contributed by atoms with van der Waals surface area (Å²) in [4.78, 5) is 12.3. The van der Waals surface area contributed by atoms with Crippen molar-refractivity contribution >= 4 is 22.0 Å². The van der Waals surface area contributed by atoms with Gasteiger partial charge in [0.1, 0.15) is 17.2 Å². The molecule has 2 N–H and O–H groups in total. The van der Waals surface area contributed by atoms with Crippen LogP contribution in [0.15, 0.2) is 79.6 Å². The summed E-state index contributed by atoms with van der Waals surface area (Å²) in [5.41, 5.74) is 5.45. The van der Waals surface area contributed by atoms with Crippen LogP contribution in [0.4, 0.5) is 8.78 Å². The van der Waals surface area contributed by atoms with Gasteiger partial charge in [-0.3, -0.25) is 10.1 Å². The van der Waals surface area contributed by atoms with Crippen LogP contribution < -0.4 is 0 Å². The van der Waals surface area contributed by atoms with E-state index in [9.17, 15) is 4.39 Å². The Hall–Kier alpha value is -4.39. The molecular formula is C28H25F2N5. The minimum Gasteiger partial charge on any atom is -0.340 e. The number of fused-ring (bicyclic) bond motifs is 1. The largest absolute Gasteiger partial charge is 0.340 e. The molecule has 1 aromatic carbocycles. The summed E-state index contributed by atoms with van der Waals surface area (Å²) >= 11 is 0. The molecule has 3 heterocycles. The van der Waals surface area contributed by atoms with Crippen LogP contribution in [0.3, 0.4) is 0 Å². The average Bonchev–Trinajstić information content (AvgIpc) is 3.44. The number of imidazole rings is 1. The van der Waals surface area contributed by atoms with Crippen LogP contribution in [0.1, 0.15) is 36.5 Å². The summed E-state index contributed by atoms with van der Waals surface area (Å²) in [6, 6.07) is 6.14. The molecule has 0 aliphatic heterocycles. The molecule has 0 radical (unpaired) electrons. The number of hydrogen-bond acceptors (Lipinski definition) is 3. The molecule has 0 amide bonds. The molecule has 0 spiro atoms. The SMILES string of the molecule is C=C/C=C(C)\C(=C/C)c1ncc2[nH]nc(-c3nc(/C(=C\C=C)c4ccc(F)cc4)c(C)[nH]3)c2c1F. The van der Waals surface area contributed by atoms with Gasteiger partial charge in [0, 0.05) is 16.8 Å². The van der Waals surface area contributed by atoms with E-state index in [-0.39, 0.29) is 16.9 Å². The second-order valence-corrected chi connectivity index (χ2v) is 7.95. The number of nitrogens with zero attached hydrogens (tertiary/aromatic N) is 3. The number of hydrogen-bond donors (Lipinski definition) is 2. The van der Waals surface area contributed by atoms with Gasteiger partial charge in [0.05, 0.1) is 22.8 Å². The van der Waals surface area contributed by atoms with E-state index >= 15 is 4.39 Å². The van der Waals surface area contributed by atoms with Crippen molar-refractivity contribution in [3.63, 3.8) is 0 Å². The van der Waals surface area contributed by atoms with Gasteiger partial charge in [-0.1, -0.05) is 55.7 Å². The molecule has 0 saturated carbocycles. The first-order chi connectivity index (χ1) is 16.9. The summed E-state index contributed by atoms with van der Waals surface area (Å²) in [5, 5.41) is 7.48. The highest BCUT2D eigenvalue weighted by Gasteiger charge is 2.23. The van der Waals surface area contributed by atoms with Gasteiger partial charge in [0.2, 0.25) is 0 Å². The normalized spacial score (nSPS) is 12.9. The number of nitrogens with one attached hydrogen (secondary N) is 2. The molecule has 4 aromatic rings. The van der Waals surface area contributed by atoms with Crippen LogP contribution >= 0.6 is 0 Å². The van der Waals surface area contributed by atoms with Crippen molar-refractivity contribution in [3.05, 3.63) is 114 Å². The second-order valence-electron chi connectivity index (χ2n) is 7.95. The molecule has 0 saturated heterocycles. The summed E-state index contributed by atoms with van der Waals surface area (Å²) < 4.78 is 29.3. The number of aryl methyl sites for hydroxylation is 1. The zero-order chi connectivity index (χ0) is 25.1. The predicted molar refractivity (Wildman–Crippen MR) is 137 cm³/mol. The molecular weight excluding hydrogens is 444 g/mol. The van der Waals surface area contributed by atoms with Gasteiger partial charge in [-0.05, 0) is 44.0 Å². The number of pyridine rings is 1. The molecule has 5 nitrogen and oxygen atoms in total. The van der Waals surface area contributed by atoms with Gasteiger partial charge in [0.25, 0.3) is 0 Å². The van der Waals surface area contributed by atoms with Crippen LogP contribution in [0, 0.1) is 18.6 Å². The smallest absolute Gasteiger partial charge is 0.161 e. The molecule has 0 unspecified atom stereocenters. The number of allylic oxidation sites excluding steroid dienone is 7. The zero-order valence-corrected chi connectivity index (χ0v) is 19.8. The van der Waals surface area contributed by atoms with Gasteiger partial charge in [0.15, 0.2) is 11.6 Å². The van der Waals surface area contributed by atoms with E-state index < -0.39 is 5.82 Å². The summed E-state index contributed by atoms with van der Waals surface area (Å²) in [5.74, 6) is -0.419. The molecule has 0 bridgehead atoms. The standard InChI is InChI=1S/C28H25F2N5/c1-6-9-16(4)20(8-3)26-24(30)23-22(15-31-26)34-35-27(23)28-32-17(5)25(33-28)21(10-7-2)18-11-13-19(29)14-12-18/h6-15H,1-2H2,3-5H3,(H,32,33)(H,34,35)/b16-9-,20-8+,21-10-. The van der Waals surface area contributed by atoms with Crippen LogP contribution in [-0.4, -0.2) is 25.1 Å². The van der Waals surface area contributed by atoms with Gasteiger partial charge in [-0.25, -0.2) is 13.8 Å². The molecule has 0 fully saturated rings. The predicted octanol–water partition coefficient (Wildman–Crippen LogP) is 7.09. The Kier molecular flexibility index (Phi) is 6.68. The lowest BCUT2D eigenvalue weighted by molar-refractivity contribution is 0.627. The van der Waals surface area contributed by atoms with Crippen LogP contribution in [0.2, 0.25) is 0 Å². The van der Waals surface area contributed by atoms with E-state index in [1.54, 1.807) is 36.6 Å². The Balaban J connectivity index is 1.87. The van der Waals surface area contributed by atoms with E-state index in [0.717, 1.165) is 22.4 Å². The lowest BCUT2D eigenvalue weighted by Gasteiger charge is -2.09. The Morgan fingerprint density at radius 3 is 2.40 bits per heavy atom. The number of benzene rings is 1. The first-order valence-corrected chi connectivity index (χ1v) is 11.0. The van der Waals surface area contributed by atoms with Crippen LogP contribution in [-0.2, 0) is 0 Å². The highest BCUT2D eigenvalue weighted by atomic mass is 19.1. The fourth-order valence-electron chi connectivity index (χ4n) is 4.05. The van der Waals surface area contributed by atoms with E-state index in [1.165, 1.54) is 12.1 Å². The van der Waals surface area contributed by atoms with Gasteiger partial charge < -0.3 is 4.98 Å². The van der Waals surface area contributed by atoms with Gasteiger partial charge >= 0.3 is 0 Å². The minimum absolute atomic E-state index is 0.223. The van der Waals surface area contributed by atoms with E-state index in [2.05, 4.69) is 33.3 Å². The number of rotatable bonds is 7. The summed E-state index contributed by atoms with van der Waals surface area (Å²) in [6.45, 7) is 13.1. The molecule has 4 rings (SSSR count). The Morgan fingerprint density at radius 2 is 1.74 bits per heavy atom. The van der Waals surface area contributed by atoms with Gasteiger partial charge in [-0.15, -0.1) is 0 Å². The van der Waals surface area contributed by atoms with Crippen LogP contribution in [0.25, 0.3) is 33.6 Å². The maximum Gasteiger partial charge on any atom is 0.161 e. The summed E-state index contributed by atoms with van der Waals surface area (Å²) in [7, 11) is 0. The monoisotopic (exact) mass is 469 g/mol. The number of H-pyrrole nitrogens is 2. The van der Waals surface area contributed by atoms with E-state index in [0.29, 0.717) is 28.3 Å². The van der Waals surface area contributed by atoms with Crippen molar-refractivity contribution in [1.82, 2.24) is 25.1 Å². The lowest BCUT2D eigenvalue weighted by Crippen LogP contribution is -1.97. The molecule has 35 heavy (non-hydrogen) atoms. The molecule has 3 aromatic heterocycles. The molecule has 0 atom stereocenters. The maximum atomic E-state index is 15.9. The number of halogens is 2. The third-order valence-electron chi connectivity index (χ3n) is 5.68. The highest BCUT2D eigenvalue weighted by Crippen LogP contribution is 2.34. The second kappa shape index (κ2) is 9.85. The highest BCUT2D eigenvalue weighted by molar-refractivity contribution is 5.94. The van der Waals surface area contributed by atoms with Crippen molar-refractivity contribution in [1.29, 1.82) is 0 Å². The first-order valence-electron chi connectivity index (χ1n) is 11.0. The fourth-order valence-corrected chi connectivity index (χ4v) is 4.05. The maximum absolute atomic E-state index is 15.9. The molecule has 176 valence electrons. The zero-order valence-electron chi connectivity index (χ0n) is 19.8. The fraction of sp³-hybridized carbons (Fsp3) is 0.107. The molecule has 7 heteroatoms. The van der Waals surface area contributed by atoms with Crippen molar-refractivity contribution < 1.29 is 8.78 Å². The summed E-state index contributed by atoms with van der Waals surface area (Å²) in [6.07, 6.45) is 10.3. The van der Waals surface area contributed by atoms with Crippen molar-refractivity contribution in [2.75, 3.05) is 0 Å². The minimum atomic E-state index is -0.493. The quantitative estimate of drug-likeness (QED) is 0.284. The van der Waals surface area contributed by atoms with Crippen molar-refractivity contribution in [2.24, 2.45) is 0 Å². The third kappa shape index (κ3) is 4.40. The topological polar surface area (TPSA) is 70.2 Å². The van der Waals surface area contributed by atoms with E-state index in [4.69, 9.17) is 4.98 Å². The van der Waals surface area contributed by atoms with Crippen LogP contribution in [0.5, 0.6) is 0 Å². The average molecular weight is 470 g/mol. The Bertz CT molecular complexity index is 1510. The van der Waals surface area contributed by atoms with Crippen molar-refractivity contribution in [3.8, 4) is 11.5 Å². The molecule has 0 aliphatic rings. The first kappa shape index (κ1) is 23.8. The molecule has 0 aliphatic carbocycles. The van der Waals surface area contributed by atoms with Gasteiger partial charge in [-0.2, -0.15) is 5.10 Å². The Morgan fingerprint density at radius 1 is 1.03 bits per heavy atom. The number of aromatic amines is 2.